The highest BCUT2D eigenvalue weighted by molar-refractivity contribution is 5.74. The molecule has 1 aromatic heterocycles. The molecule has 1 aliphatic carbocycles. The van der Waals surface area contributed by atoms with E-state index < -0.39 is 5.97 Å². The fourth-order valence-electron chi connectivity index (χ4n) is 2.64. The lowest BCUT2D eigenvalue weighted by Crippen LogP contribution is -2.46. The number of carbonyl (C=O) groups is 2. The van der Waals surface area contributed by atoms with Gasteiger partial charge in [-0.3, -0.25) is 9.48 Å². The first-order valence-electron chi connectivity index (χ1n) is 7.13. The number of aromatic nitrogens is 2. The highest BCUT2D eigenvalue weighted by atomic mass is 16.4. The van der Waals surface area contributed by atoms with Gasteiger partial charge in [0.1, 0.15) is 0 Å². The molecule has 0 aromatic carbocycles. The van der Waals surface area contributed by atoms with Crippen LogP contribution in [0.4, 0.5) is 4.79 Å². The average Bonchev–Trinajstić information content (AvgIpc) is 2.70. The molecule has 21 heavy (non-hydrogen) atoms. The molecule has 0 bridgehead atoms. The van der Waals surface area contributed by atoms with E-state index in [4.69, 9.17) is 5.11 Å². The van der Waals surface area contributed by atoms with E-state index in [1.807, 2.05) is 14.0 Å². The molecule has 7 heteroatoms. The quantitative estimate of drug-likeness (QED) is 0.734. The molecule has 0 spiro atoms. The summed E-state index contributed by atoms with van der Waals surface area (Å²) in [4.78, 5) is 22.7. The highest BCUT2D eigenvalue weighted by Gasteiger charge is 2.39. The summed E-state index contributed by atoms with van der Waals surface area (Å²) in [5.41, 5.74) is 1.72. The monoisotopic (exact) mass is 294 g/mol. The van der Waals surface area contributed by atoms with Gasteiger partial charge in [-0.25, -0.2) is 4.79 Å². The SMILES string of the molecule is Cc1c(CNC(=O)NCC2(CC(=O)O)CCC2)cnn1C. The molecule has 0 atom stereocenters. The van der Waals surface area contributed by atoms with Gasteiger partial charge in [-0.05, 0) is 25.2 Å². The van der Waals surface area contributed by atoms with Gasteiger partial charge in [0.2, 0.25) is 0 Å². The Kier molecular flexibility index (Phi) is 4.50. The van der Waals surface area contributed by atoms with E-state index in [1.54, 1.807) is 10.9 Å². The maximum atomic E-state index is 11.8. The van der Waals surface area contributed by atoms with Crippen molar-refractivity contribution in [2.45, 2.75) is 39.2 Å². The molecule has 1 saturated carbocycles. The Balaban J connectivity index is 1.77. The van der Waals surface area contributed by atoms with E-state index in [9.17, 15) is 9.59 Å². The van der Waals surface area contributed by atoms with Crippen molar-refractivity contribution in [2.75, 3.05) is 6.54 Å². The third kappa shape index (κ3) is 3.74. The van der Waals surface area contributed by atoms with E-state index in [0.29, 0.717) is 13.1 Å². The number of urea groups is 1. The van der Waals surface area contributed by atoms with E-state index in [-0.39, 0.29) is 17.9 Å². The molecule has 2 rings (SSSR count). The predicted octanol–water partition coefficient (Wildman–Crippen LogP) is 1.17. The predicted molar refractivity (Wildman–Crippen MR) is 76.7 cm³/mol. The van der Waals surface area contributed by atoms with Gasteiger partial charge in [-0.1, -0.05) is 6.42 Å². The third-order valence-electron chi connectivity index (χ3n) is 4.34. The van der Waals surface area contributed by atoms with Gasteiger partial charge < -0.3 is 15.7 Å². The number of aryl methyl sites for hydroxylation is 1. The molecule has 0 saturated heterocycles. The summed E-state index contributed by atoms with van der Waals surface area (Å²) in [5, 5.41) is 18.6. The smallest absolute Gasteiger partial charge is 0.315 e. The summed E-state index contributed by atoms with van der Waals surface area (Å²) >= 11 is 0. The Morgan fingerprint density at radius 2 is 2.14 bits per heavy atom. The first-order chi connectivity index (χ1) is 9.92. The Morgan fingerprint density at radius 1 is 1.43 bits per heavy atom. The normalized spacial score (nSPS) is 16.1. The molecule has 116 valence electrons. The van der Waals surface area contributed by atoms with Crippen LogP contribution in [0.3, 0.4) is 0 Å². The number of hydrogen-bond donors (Lipinski definition) is 3. The van der Waals surface area contributed by atoms with E-state index in [0.717, 1.165) is 30.5 Å². The zero-order valence-corrected chi connectivity index (χ0v) is 12.5. The van der Waals surface area contributed by atoms with Crippen molar-refractivity contribution in [3.8, 4) is 0 Å². The summed E-state index contributed by atoms with van der Waals surface area (Å²) in [7, 11) is 1.85. The van der Waals surface area contributed by atoms with Gasteiger partial charge in [0, 0.05) is 31.4 Å². The Hall–Kier alpha value is -2.05. The first-order valence-corrected chi connectivity index (χ1v) is 7.13. The van der Waals surface area contributed by atoms with Crippen LogP contribution in [0.1, 0.15) is 36.9 Å². The molecule has 1 aliphatic rings. The van der Waals surface area contributed by atoms with E-state index in [1.165, 1.54) is 0 Å². The number of carboxylic acids is 1. The number of amides is 2. The van der Waals surface area contributed by atoms with Crippen molar-refractivity contribution in [3.63, 3.8) is 0 Å². The Morgan fingerprint density at radius 3 is 2.62 bits per heavy atom. The van der Waals surface area contributed by atoms with Crippen LogP contribution >= 0.6 is 0 Å². The molecular formula is C14H22N4O3. The fraction of sp³-hybridized carbons (Fsp3) is 0.643. The van der Waals surface area contributed by atoms with Gasteiger partial charge in [0.15, 0.2) is 0 Å². The van der Waals surface area contributed by atoms with E-state index >= 15 is 0 Å². The average molecular weight is 294 g/mol. The molecule has 0 aliphatic heterocycles. The molecule has 0 radical (unpaired) electrons. The van der Waals surface area contributed by atoms with Gasteiger partial charge in [0.05, 0.1) is 12.6 Å². The van der Waals surface area contributed by atoms with Crippen molar-refractivity contribution in [3.05, 3.63) is 17.5 Å². The van der Waals surface area contributed by atoms with Crippen LogP contribution in [0.5, 0.6) is 0 Å². The molecule has 1 aromatic rings. The van der Waals surface area contributed by atoms with Gasteiger partial charge in [0.25, 0.3) is 0 Å². The molecule has 1 heterocycles. The minimum atomic E-state index is -0.803. The highest BCUT2D eigenvalue weighted by Crippen LogP contribution is 2.43. The molecular weight excluding hydrogens is 272 g/mol. The van der Waals surface area contributed by atoms with E-state index in [2.05, 4.69) is 15.7 Å². The number of hydrogen-bond acceptors (Lipinski definition) is 3. The second-order valence-electron chi connectivity index (χ2n) is 5.84. The minimum Gasteiger partial charge on any atom is -0.481 e. The summed E-state index contributed by atoms with van der Waals surface area (Å²) in [6, 6.07) is -0.269. The number of nitrogens with zero attached hydrogens (tertiary/aromatic N) is 2. The van der Waals surface area contributed by atoms with Crippen molar-refractivity contribution in [2.24, 2.45) is 12.5 Å². The van der Waals surface area contributed by atoms with Crippen molar-refractivity contribution < 1.29 is 14.7 Å². The van der Waals surface area contributed by atoms with Crippen molar-refractivity contribution in [1.29, 1.82) is 0 Å². The van der Waals surface area contributed by atoms with Gasteiger partial charge in [-0.2, -0.15) is 5.10 Å². The molecule has 0 unspecified atom stereocenters. The third-order valence-corrected chi connectivity index (χ3v) is 4.34. The van der Waals surface area contributed by atoms with Crippen LogP contribution in [0.25, 0.3) is 0 Å². The number of carbonyl (C=O) groups excluding carboxylic acids is 1. The van der Waals surface area contributed by atoms with Crippen LogP contribution < -0.4 is 10.6 Å². The van der Waals surface area contributed by atoms with Crippen LogP contribution in [0.15, 0.2) is 6.20 Å². The minimum absolute atomic E-state index is 0.120. The molecule has 7 nitrogen and oxygen atoms in total. The van der Waals surface area contributed by atoms with Crippen molar-refractivity contribution >= 4 is 12.0 Å². The zero-order valence-electron chi connectivity index (χ0n) is 12.5. The fourth-order valence-corrected chi connectivity index (χ4v) is 2.64. The number of nitrogens with one attached hydrogen (secondary N) is 2. The Bertz CT molecular complexity index is 534. The number of rotatable bonds is 6. The molecule has 1 fully saturated rings. The van der Waals surface area contributed by atoms with Crippen molar-refractivity contribution in [1.82, 2.24) is 20.4 Å². The van der Waals surface area contributed by atoms with Crippen LogP contribution in [0.2, 0.25) is 0 Å². The van der Waals surface area contributed by atoms with Gasteiger partial charge >= 0.3 is 12.0 Å². The summed E-state index contributed by atoms with van der Waals surface area (Å²) in [5.74, 6) is -0.803. The Labute approximate surface area is 123 Å². The second kappa shape index (κ2) is 6.15. The lowest BCUT2D eigenvalue weighted by molar-refractivity contribution is -0.141. The van der Waals surface area contributed by atoms with Crippen LogP contribution in [0, 0.1) is 12.3 Å². The standard InChI is InChI=1S/C14H22N4O3/c1-10-11(8-17-18(10)2)7-15-13(21)16-9-14(4-3-5-14)6-12(19)20/h8H,3-7,9H2,1-2H3,(H,19,20)(H2,15,16,21). The molecule has 3 N–H and O–H groups in total. The molecule has 2 amide bonds. The largest absolute Gasteiger partial charge is 0.481 e. The maximum absolute atomic E-state index is 11.8. The first kappa shape index (κ1) is 15.3. The second-order valence-corrected chi connectivity index (χ2v) is 5.84. The number of aliphatic carboxylic acids is 1. The van der Waals surface area contributed by atoms with Gasteiger partial charge in [-0.15, -0.1) is 0 Å². The topological polar surface area (TPSA) is 96.2 Å². The number of carboxylic acid groups (broad SMARTS) is 1. The van der Waals surface area contributed by atoms with Crippen LogP contribution in [-0.2, 0) is 18.4 Å². The summed E-state index contributed by atoms with van der Waals surface area (Å²) in [6.45, 7) is 2.77. The summed E-state index contributed by atoms with van der Waals surface area (Å²) < 4.78 is 1.76. The summed E-state index contributed by atoms with van der Waals surface area (Å²) in [6.07, 6.45) is 4.61. The maximum Gasteiger partial charge on any atom is 0.315 e. The van der Waals surface area contributed by atoms with Crippen LogP contribution in [-0.4, -0.2) is 33.4 Å². The lowest BCUT2D eigenvalue weighted by atomic mass is 9.66. The lowest BCUT2D eigenvalue weighted by Gasteiger charge is -2.40. The zero-order chi connectivity index (χ0) is 15.5.